The molecular weight excluding hydrogens is 496 g/mol. The molecule has 0 radical (unpaired) electrons. The summed E-state index contributed by atoms with van der Waals surface area (Å²) in [6, 6.07) is 18.1. The van der Waals surface area contributed by atoms with Crippen molar-refractivity contribution in [2.45, 2.75) is 19.9 Å². The van der Waals surface area contributed by atoms with E-state index in [2.05, 4.69) is 4.99 Å². The van der Waals surface area contributed by atoms with Crippen LogP contribution in [-0.4, -0.2) is 24.3 Å². The Balaban J connectivity index is 1.84. The number of benzene rings is 3. The first-order valence-electron chi connectivity index (χ1n) is 11.4. The molecule has 36 heavy (non-hydrogen) atoms. The van der Waals surface area contributed by atoms with E-state index in [-0.39, 0.29) is 12.2 Å². The third-order valence-corrected chi connectivity index (χ3v) is 7.34. The number of thiazole rings is 1. The molecule has 0 saturated heterocycles. The quantitative estimate of drug-likeness (QED) is 0.362. The fourth-order valence-corrected chi connectivity index (χ4v) is 5.68. The number of methoxy groups -OCH3 is 1. The lowest BCUT2D eigenvalue weighted by molar-refractivity contribution is -0.139. The minimum atomic E-state index is -0.770. The molecule has 0 N–H and O–H groups in total. The summed E-state index contributed by atoms with van der Waals surface area (Å²) in [5.74, 6) is 0.0631. The van der Waals surface area contributed by atoms with Crippen molar-refractivity contribution in [1.29, 1.82) is 0 Å². The molecule has 4 aromatic rings. The predicted molar refractivity (Wildman–Crippen MR) is 142 cm³/mol. The Labute approximate surface area is 216 Å². The van der Waals surface area contributed by atoms with Crippen molar-refractivity contribution in [2.75, 3.05) is 13.7 Å². The molecule has 182 valence electrons. The SMILES string of the molecule is CCOC(=O)C1=C(C)N=c2s/c(=C/c3ccc(Cl)cc3)c(=O)n2[C@@H]1c1c(OC)ccc2ccccc12. The Hall–Kier alpha value is -3.68. The molecule has 5 rings (SSSR count). The van der Waals surface area contributed by atoms with Crippen molar-refractivity contribution in [1.82, 2.24) is 4.57 Å². The van der Waals surface area contributed by atoms with Gasteiger partial charge in [-0.1, -0.05) is 65.4 Å². The standard InChI is InChI=1S/C28H23ClN2O4S/c1-4-35-27(33)23-16(2)30-28-31(26(32)22(36-28)15-17-9-12-19(29)13-10-17)25(23)24-20-8-6-5-7-18(20)11-14-21(24)34-3/h5-15,25H,4H2,1-3H3/b22-15+/t25-/m0/s1. The van der Waals surface area contributed by atoms with Crippen LogP contribution < -0.4 is 19.6 Å². The molecule has 0 spiro atoms. The number of ether oxygens (including phenoxy) is 2. The highest BCUT2D eigenvalue weighted by atomic mass is 35.5. The normalized spacial score (nSPS) is 15.6. The van der Waals surface area contributed by atoms with Crippen molar-refractivity contribution in [3.05, 3.63) is 108 Å². The van der Waals surface area contributed by atoms with Gasteiger partial charge in [0.2, 0.25) is 0 Å². The monoisotopic (exact) mass is 518 g/mol. The number of halogens is 1. The zero-order chi connectivity index (χ0) is 25.4. The van der Waals surface area contributed by atoms with Crippen LogP contribution in [0.3, 0.4) is 0 Å². The van der Waals surface area contributed by atoms with Gasteiger partial charge in [-0.25, -0.2) is 9.79 Å². The van der Waals surface area contributed by atoms with Gasteiger partial charge in [0, 0.05) is 10.6 Å². The highest BCUT2D eigenvalue weighted by molar-refractivity contribution is 7.07. The summed E-state index contributed by atoms with van der Waals surface area (Å²) in [7, 11) is 1.58. The van der Waals surface area contributed by atoms with Crippen LogP contribution in [0.15, 0.2) is 81.7 Å². The number of rotatable bonds is 5. The Morgan fingerprint density at radius 1 is 1.14 bits per heavy atom. The summed E-state index contributed by atoms with van der Waals surface area (Å²) >= 11 is 7.30. The van der Waals surface area contributed by atoms with E-state index in [0.717, 1.165) is 16.3 Å². The summed E-state index contributed by atoms with van der Waals surface area (Å²) in [6.45, 7) is 3.73. The first-order valence-corrected chi connectivity index (χ1v) is 12.6. The predicted octanol–water partition coefficient (Wildman–Crippen LogP) is 4.61. The highest BCUT2D eigenvalue weighted by Crippen LogP contribution is 2.40. The summed E-state index contributed by atoms with van der Waals surface area (Å²) < 4.78 is 13.3. The summed E-state index contributed by atoms with van der Waals surface area (Å²) in [5, 5.41) is 2.46. The topological polar surface area (TPSA) is 69.9 Å². The number of nitrogens with zero attached hydrogens (tertiary/aromatic N) is 2. The van der Waals surface area contributed by atoms with Gasteiger partial charge in [0.15, 0.2) is 4.80 Å². The Kier molecular flexibility index (Phi) is 6.51. The van der Waals surface area contributed by atoms with Crippen LogP contribution in [0, 0.1) is 0 Å². The molecule has 0 bridgehead atoms. The van der Waals surface area contributed by atoms with Gasteiger partial charge in [-0.2, -0.15) is 0 Å². The molecule has 3 aromatic carbocycles. The lowest BCUT2D eigenvalue weighted by atomic mass is 9.90. The van der Waals surface area contributed by atoms with E-state index in [0.29, 0.717) is 36.9 Å². The van der Waals surface area contributed by atoms with Crippen LogP contribution in [0.5, 0.6) is 5.75 Å². The number of allylic oxidation sites excluding steroid dienone is 1. The maximum absolute atomic E-state index is 13.9. The van der Waals surface area contributed by atoms with Crippen molar-refractivity contribution in [3.8, 4) is 5.75 Å². The lowest BCUT2D eigenvalue weighted by Crippen LogP contribution is -2.40. The number of fused-ring (bicyclic) bond motifs is 2. The van der Waals surface area contributed by atoms with Crippen LogP contribution >= 0.6 is 22.9 Å². The Morgan fingerprint density at radius 3 is 2.61 bits per heavy atom. The molecule has 1 aromatic heterocycles. The molecule has 0 saturated carbocycles. The number of esters is 1. The van der Waals surface area contributed by atoms with E-state index in [1.165, 1.54) is 11.3 Å². The maximum Gasteiger partial charge on any atom is 0.338 e. The lowest BCUT2D eigenvalue weighted by Gasteiger charge is -2.27. The van der Waals surface area contributed by atoms with E-state index >= 15 is 0 Å². The first kappa shape index (κ1) is 24.0. The van der Waals surface area contributed by atoms with Gasteiger partial charge in [0.25, 0.3) is 5.56 Å². The van der Waals surface area contributed by atoms with Gasteiger partial charge < -0.3 is 9.47 Å². The Bertz CT molecular complexity index is 1700. The molecule has 1 aliphatic heterocycles. The van der Waals surface area contributed by atoms with Crippen molar-refractivity contribution < 1.29 is 14.3 Å². The van der Waals surface area contributed by atoms with Gasteiger partial charge in [0.05, 0.1) is 29.5 Å². The number of hydrogen-bond acceptors (Lipinski definition) is 6. The fraction of sp³-hybridized carbons (Fsp3) is 0.179. The van der Waals surface area contributed by atoms with Gasteiger partial charge in [-0.3, -0.25) is 9.36 Å². The van der Waals surface area contributed by atoms with E-state index in [1.807, 2.05) is 48.5 Å². The van der Waals surface area contributed by atoms with Crippen LogP contribution in [0.2, 0.25) is 5.02 Å². The van der Waals surface area contributed by atoms with E-state index < -0.39 is 12.0 Å². The number of hydrogen-bond donors (Lipinski definition) is 0. The van der Waals surface area contributed by atoms with Crippen LogP contribution in [0.4, 0.5) is 0 Å². The summed E-state index contributed by atoms with van der Waals surface area (Å²) in [5.41, 5.74) is 2.13. The minimum Gasteiger partial charge on any atom is -0.496 e. The highest BCUT2D eigenvalue weighted by Gasteiger charge is 2.36. The summed E-state index contributed by atoms with van der Waals surface area (Å²) in [4.78, 5) is 32.3. The molecule has 0 unspecified atom stereocenters. The largest absolute Gasteiger partial charge is 0.496 e. The molecule has 1 atom stereocenters. The van der Waals surface area contributed by atoms with Gasteiger partial charge in [-0.05, 0) is 54.5 Å². The van der Waals surface area contributed by atoms with E-state index in [4.69, 9.17) is 21.1 Å². The second-order valence-corrected chi connectivity index (χ2v) is 9.70. The molecule has 8 heteroatoms. The molecule has 1 aliphatic rings. The third kappa shape index (κ3) is 4.14. The van der Waals surface area contributed by atoms with Crippen LogP contribution in [0.25, 0.3) is 16.8 Å². The number of carbonyl (C=O) groups excluding carboxylic acids is 1. The number of carbonyl (C=O) groups is 1. The average molecular weight is 519 g/mol. The minimum absolute atomic E-state index is 0.204. The van der Waals surface area contributed by atoms with Crippen molar-refractivity contribution in [3.63, 3.8) is 0 Å². The van der Waals surface area contributed by atoms with Gasteiger partial charge in [0.1, 0.15) is 11.8 Å². The first-order chi connectivity index (χ1) is 17.4. The second kappa shape index (κ2) is 9.76. The van der Waals surface area contributed by atoms with E-state index in [9.17, 15) is 9.59 Å². The molecule has 0 amide bonds. The fourth-order valence-electron chi connectivity index (χ4n) is 4.51. The second-order valence-electron chi connectivity index (χ2n) is 8.26. The van der Waals surface area contributed by atoms with E-state index in [1.54, 1.807) is 43.7 Å². The molecule has 6 nitrogen and oxygen atoms in total. The smallest absolute Gasteiger partial charge is 0.338 e. The molecule has 0 fully saturated rings. The van der Waals surface area contributed by atoms with Crippen LogP contribution in [0.1, 0.15) is 31.0 Å². The summed E-state index contributed by atoms with van der Waals surface area (Å²) in [6.07, 6.45) is 1.81. The van der Waals surface area contributed by atoms with Crippen molar-refractivity contribution >= 4 is 45.8 Å². The van der Waals surface area contributed by atoms with Gasteiger partial charge >= 0.3 is 5.97 Å². The third-order valence-electron chi connectivity index (χ3n) is 6.11. The molecule has 2 heterocycles. The average Bonchev–Trinajstić information content (AvgIpc) is 3.18. The van der Waals surface area contributed by atoms with Gasteiger partial charge in [-0.15, -0.1) is 0 Å². The molecule has 0 aliphatic carbocycles. The zero-order valence-corrected chi connectivity index (χ0v) is 21.5. The maximum atomic E-state index is 13.9. The zero-order valence-electron chi connectivity index (χ0n) is 19.9. The number of aromatic nitrogens is 1. The van der Waals surface area contributed by atoms with Crippen molar-refractivity contribution in [2.24, 2.45) is 4.99 Å². The molecular formula is C28H23ClN2O4S. The Morgan fingerprint density at radius 2 is 1.89 bits per heavy atom. The van der Waals surface area contributed by atoms with Crippen LogP contribution in [-0.2, 0) is 9.53 Å².